The monoisotopic (exact) mass is 320 g/mol. The third-order valence-electron chi connectivity index (χ3n) is 3.29. The van der Waals surface area contributed by atoms with E-state index in [-0.39, 0.29) is 5.04 Å². The molecule has 0 saturated carbocycles. The quantitative estimate of drug-likeness (QED) is 0.683. The van der Waals surface area contributed by atoms with Crippen LogP contribution >= 0.6 is 27.3 Å². The molecule has 0 spiro atoms. The molecule has 4 heteroatoms. The van der Waals surface area contributed by atoms with E-state index in [9.17, 15) is 0 Å². The minimum atomic E-state index is -1.60. The van der Waals surface area contributed by atoms with Gasteiger partial charge in [0.2, 0.25) is 0 Å². The third kappa shape index (κ3) is 3.42. The van der Waals surface area contributed by atoms with Crippen LogP contribution in [0.4, 0.5) is 0 Å². The van der Waals surface area contributed by atoms with Crippen molar-refractivity contribution in [1.29, 1.82) is 0 Å². The first kappa shape index (κ1) is 14.4. The Balaban J connectivity index is 2.65. The van der Waals surface area contributed by atoms with E-state index in [1.165, 1.54) is 14.2 Å². The molecule has 0 bridgehead atoms. The molecule has 0 fully saturated rings. The molecule has 0 aliphatic carbocycles. The van der Waals surface area contributed by atoms with E-state index in [0.29, 0.717) is 0 Å². The molecule has 0 amide bonds. The Morgan fingerprint density at radius 3 is 2.31 bits per heavy atom. The van der Waals surface area contributed by atoms with E-state index >= 15 is 0 Å². The summed E-state index contributed by atoms with van der Waals surface area (Å²) in [5, 5.41) is 0.288. The van der Waals surface area contributed by atoms with Crippen molar-refractivity contribution in [3.63, 3.8) is 0 Å². The van der Waals surface area contributed by atoms with Crippen LogP contribution in [0.1, 0.15) is 30.5 Å². The van der Waals surface area contributed by atoms with E-state index in [1.54, 1.807) is 0 Å². The summed E-state index contributed by atoms with van der Waals surface area (Å²) in [7, 11) is -1.60. The van der Waals surface area contributed by atoms with Crippen LogP contribution in [0.5, 0.6) is 0 Å². The molecular weight excluding hydrogens is 300 g/mol. The molecular formula is C12H21BrOSSi. The molecule has 0 N–H and O–H groups in total. The van der Waals surface area contributed by atoms with E-state index < -0.39 is 8.32 Å². The SMILES string of the molecule is Cc1sc(CO[Si](C)(C)C(C)(C)C)cc1Br. The summed E-state index contributed by atoms with van der Waals surface area (Å²) in [5.74, 6) is 0. The molecule has 1 heterocycles. The van der Waals surface area contributed by atoms with Gasteiger partial charge in [0.05, 0.1) is 6.61 Å². The fourth-order valence-corrected chi connectivity index (χ4v) is 3.63. The van der Waals surface area contributed by atoms with E-state index in [4.69, 9.17) is 4.43 Å². The molecule has 0 aliphatic rings. The highest BCUT2D eigenvalue weighted by molar-refractivity contribution is 9.10. The maximum Gasteiger partial charge on any atom is 0.192 e. The molecule has 16 heavy (non-hydrogen) atoms. The zero-order chi connectivity index (χ0) is 12.6. The Labute approximate surface area is 112 Å². The van der Waals surface area contributed by atoms with Crippen LogP contribution < -0.4 is 0 Å². The Hall–Kier alpha value is 0.357. The second-order valence-corrected chi connectivity index (χ2v) is 12.7. The molecule has 1 aromatic rings. The molecule has 1 aromatic heterocycles. The van der Waals surface area contributed by atoms with Gasteiger partial charge in [-0.25, -0.2) is 0 Å². The van der Waals surface area contributed by atoms with Crippen molar-refractivity contribution >= 4 is 35.6 Å². The van der Waals surface area contributed by atoms with Crippen LogP contribution in [0, 0.1) is 6.92 Å². The lowest BCUT2D eigenvalue weighted by molar-refractivity contribution is 0.279. The molecule has 0 aromatic carbocycles. The summed E-state index contributed by atoms with van der Waals surface area (Å²) in [6.45, 7) is 14.3. The summed E-state index contributed by atoms with van der Waals surface area (Å²) in [6, 6.07) is 2.17. The predicted octanol–water partition coefficient (Wildman–Crippen LogP) is 5.34. The normalized spacial score (nSPS) is 13.2. The second kappa shape index (κ2) is 4.92. The first-order chi connectivity index (χ1) is 7.13. The number of rotatable bonds is 3. The van der Waals surface area contributed by atoms with Gasteiger partial charge in [-0.3, -0.25) is 0 Å². The summed E-state index contributed by atoms with van der Waals surface area (Å²) in [4.78, 5) is 2.64. The first-order valence-electron chi connectivity index (χ1n) is 5.52. The molecule has 0 atom stereocenters. The van der Waals surface area contributed by atoms with Gasteiger partial charge in [-0.05, 0) is 47.1 Å². The van der Waals surface area contributed by atoms with Crippen LogP contribution in [0.15, 0.2) is 10.5 Å². The van der Waals surface area contributed by atoms with Gasteiger partial charge < -0.3 is 4.43 Å². The number of halogens is 1. The minimum absolute atomic E-state index is 0.288. The van der Waals surface area contributed by atoms with Gasteiger partial charge >= 0.3 is 0 Å². The fourth-order valence-electron chi connectivity index (χ4n) is 1.06. The van der Waals surface area contributed by atoms with Crippen LogP contribution in [-0.2, 0) is 11.0 Å². The Morgan fingerprint density at radius 2 is 1.94 bits per heavy atom. The van der Waals surface area contributed by atoms with Gasteiger partial charge in [-0.1, -0.05) is 20.8 Å². The predicted molar refractivity (Wildman–Crippen MR) is 78.7 cm³/mol. The van der Waals surface area contributed by atoms with Crippen molar-refractivity contribution < 1.29 is 4.43 Å². The number of hydrogen-bond acceptors (Lipinski definition) is 2. The van der Waals surface area contributed by atoms with Crippen LogP contribution in [0.3, 0.4) is 0 Å². The lowest BCUT2D eigenvalue weighted by Crippen LogP contribution is -2.40. The van der Waals surface area contributed by atoms with Crippen LogP contribution in [0.2, 0.25) is 18.1 Å². The summed E-state index contributed by atoms with van der Waals surface area (Å²) < 4.78 is 7.38. The van der Waals surface area contributed by atoms with Gasteiger partial charge in [0.25, 0.3) is 0 Å². The molecule has 0 unspecified atom stereocenters. The highest BCUT2D eigenvalue weighted by Gasteiger charge is 2.37. The zero-order valence-corrected chi connectivity index (χ0v) is 14.4. The molecule has 1 nitrogen and oxygen atoms in total. The summed E-state index contributed by atoms with van der Waals surface area (Å²) in [6.07, 6.45) is 0. The van der Waals surface area contributed by atoms with Gasteiger partial charge in [0.15, 0.2) is 8.32 Å². The van der Waals surface area contributed by atoms with Crippen molar-refractivity contribution in [1.82, 2.24) is 0 Å². The van der Waals surface area contributed by atoms with Gasteiger partial charge in [0.1, 0.15) is 0 Å². The molecule has 0 saturated heterocycles. The zero-order valence-electron chi connectivity index (χ0n) is 11.0. The van der Waals surface area contributed by atoms with E-state index in [0.717, 1.165) is 6.61 Å². The third-order valence-corrected chi connectivity index (χ3v) is 9.88. The standard InChI is InChI=1S/C12H21BrOSSi/c1-9-11(13)7-10(15-9)8-14-16(5,6)12(2,3)4/h7H,8H2,1-6H3. The summed E-state index contributed by atoms with van der Waals surface area (Å²) >= 11 is 5.36. The van der Waals surface area contributed by atoms with Gasteiger partial charge in [-0.2, -0.15) is 0 Å². The highest BCUT2D eigenvalue weighted by atomic mass is 79.9. The number of hydrogen-bond donors (Lipinski definition) is 0. The number of aryl methyl sites for hydroxylation is 1. The average Bonchev–Trinajstić information content (AvgIpc) is 2.41. The topological polar surface area (TPSA) is 9.23 Å². The maximum absolute atomic E-state index is 6.18. The average molecular weight is 321 g/mol. The maximum atomic E-state index is 6.18. The largest absolute Gasteiger partial charge is 0.412 e. The van der Waals surface area contributed by atoms with Crippen molar-refractivity contribution in [3.8, 4) is 0 Å². The Morgan fingerprint density at radius 1 is 1.38 bits per heavy atom. The molecule has 92 valence electrons. The molecule has 0 aliphatic heterocycles. The number of thiophene rings is 1. The Kier molecular flexibility index (Phi) is 4.44. The van der Waals surface area contributed by atoms with Gasteiger partial charge in [-0.15, -0.1) is 11.3 Å². The smallest absolute Gasteiger partial charge is 0.192 e. The van der Waals surface area contributed by atoms with Crippen molar-refractivity contribution in [3.05, 3.63) is 20.3 Å². The van der Waals surface area contributed by atoms with Crippen LogP contribution in [-0.4, -0.2) is 8.32 Å². The minimum Gasteiger partial charge on any atom is -0.412 e. The van der Waals surface area contributed by atoms with Crippen molar-refractivity contribution in [2.75, 3.05) is 0 Å². The second-order valence-electron chi connectivity index (χ2n) is 5.67. The fraction of sp³-hybridized carbons (Fsp3) is 0.667. The van der Waals surface area contributed by atoms with E-state index in [2.05, 4.69) is 62.8 Å². The lowest BCUT2D eigenvalue weighted by Gasteiger charge is -2.36. The van der Waals surface area contributed by atoms with E-state index in [1.807, 2.05) is 11.3 Å². The summed E-state index contributed by atoms with van der Waals surface area (Å²) in [5.41, 5.74) is 0. The first-order valence-corrected chi connectivity index (χ1v) is 10.0. The van der Waals surface area contributed by atoms with Crippen molar-refractivity contribution in [2.24, 2.45) is 0 Å². The lowest BCUT2D eigenvalue weighted by atomic mass is 10.2. The highest BCUT2D eigenvalue weighted by Crippen LogP contribution is 2.37. The van der Waals surface area contributed by atoms with Gasteiger partial charge in [0, 0.05) is 14.2 Å². The molecule has 1 rings (SSSR count). The molecule has 0 radical (unpaired) electrons. The van der Waals surface area contributed by atoms with Crippen LogP contribution in [0.25, 0.3) is 0 Å². The van der Waals surface area contributed by atoms with Crippen molar-refractivity contribution in [2.45, 2.75) is 52.4 Å². The Bertz CT molecular complexity index is 346.